The van der Waals surface area contributed by atoms with Crippen molar-refractivity contribution in [1.82, 2.24) is 5.43 Å². The molecule has 0 unspecified atom stereocenters. The second-order valence-corrected chi connectivity index (χ2v) is 8.66. The van der Waals surface area contributed by atoms with E-state index in [1.54, 1.807) is 42.5 Å². The Morgan fingerprint density at radius 3 is 2.39 bits per heavy atom. The fraction of sp³-hybridized carbons (Fsp3) is 0.0476. The zero-order valence-corrected chi connectivity index (χ0v) is 18.5. The average molecular weight is 478 g/mol. The smallest absolute Gasteiger partial charge is 0.271 e. The summed E-state index contributed by atoms with van der Waals surface area (Å²) >= 11 is 12.1. The number of benzene rings is 3. The Kier molecular flexibility index (Phi) is 7.17. The zero-order chi connectivity index (χ0) is 22.4. The standard InChI is InChI=1S/C21H17Cl2N3O4S/c1-30-20-11-3-2-10-19(20)26-31(28,29)15-7-4-6-14(12-15)21(27)25-24-13-16-17(22)8-5-9-18(16)23/h2-13,26H,1H3,(H,25,27)/b24-13+. The molecule has 3 aromatic rings. The van der Waals surface area contributed by atoms with Crippen LogP contribution in [0.25, 0.3) is 0 Å². The molecular formula is C21H17Cl2N3O4S. The first-order chi connectivity index (χ1) is 14.8. The van der Waals surface area contributed by atoms with E-state index in [9.17, 15) is 13.2 Å². The van der Waals surface area contributed by atoms with Gasteiger partial charge in [-0.25, -0.2) is 13.8 Å². The predicted molar refractivity (Wildman–Crippen MR) is 122 cm³/mol. The number of nitrogens with zero attached hydrogens (tertiary/aromatic N) is 1. The Labute approximate surface area is 189 Å². The van der Waals surface area contributed by atoms with Gasteiger partial charge in [0.05, 0.1) is 34.0 Å². The molecule has 0 fully saturated rings. The van der Waals surface area contributed by atoms with Gasteiger partial charge in [0.2, 0.25) is 0 Å². The van der Waals surface area contributed by atoms with Crippen molar-refractivity contribution in [2.45, 2.75) is 4.90 Å². The van der Waals surface area contributed by atoms with Gasteiger partial charge in [0, 0.05) is 11.1 Å². The van der Waals surface area contributed by atoms with E-state index in [2.05, 4.69) is 15.2 Å². The minimum atomic E-state index is -3.96. The normalized spacial score (nSPS) is 11.3. The third-order valence-corrected chi connectivity index (χ3v) is 6.14. The van der Waals surface area contributed by atoms with E-state index in [0.29, 0.717) is 21.4 Å². The minimum absolute atomic E-state index is 0.0933. The van der Waals surface area contributed by atoms with Crippen LogP contribution in [0.4, 0.5) is 5.69 Å². The Morgan fingerprint density at radius 2 is 1.68 bits per heavy atom. The summed E-state index contributed by atoms with van der Waals surface area (Å²) in [6.45, 7) is 0. The number of sulfonamides is 1. The van der Waals surface area contributed by atoms with Crippen LogP contribution < -0.4 is 14.9 Å². The van der Waals surface area contributed by atoms with E-state index in [-0.39, 0.29) is 16.1 Å². The Bertz CT molecular complexity index is 1230. The first-order valence-corrected chi connectivity index (χ1v) is 11.1. The summed E-state index contributed by atoms with van der Waals surface area (Å²) in [6, 6.07) is 17.1. The molecule has 160 valence electrons. The third kappa shape index (κ3) is 5.55. The van der Waals surface area contributed by atoms with Gasteiger partial charge in [0.15, 0.2) is 0 Å². The topological polar surface area (TPSA) is 96.9 Å². The van der Waals surface area contributed by atoms with Gasteiger partial charge >= 0.3 is 0 Å². The second-order valence-electron chi connectivity index (χ2n) is 6.17. The molecule has 3 rings (SSSR count). The predicted octanol–water partition coefficient (Wildman–Crippen LogP) is 4.57. The summed E-state index contributed by atoms with van der Waals surface area (Å²) in [5, 5.41) is 4.60. The zero-order valence-electron chi connectivity index (χ0n) is 16.2. The molecule has 0 saturated heterocycles. The quantitative estimate of drug-likeness (QED) is 0.384. The van der Waals surface area contributed by atoms with Crippen molar-refractivity contribution >= 4 is 51.0 Å². The van der Waals surface area contributed by atoms with Crippen molar-refractivity contribution < 1.29 is 17.9 Å². The van der Waals surface area contributed by atoms with Crippen LogP contribution in [0.5, 0.6) is 5.75 Å². The molecular weight excluding hydrogens is 461 g/mol. The lowest BCUT2D eigenvalue weighted by Crippen LogP contribution is -2.19. The lowest BCUT2D eigenvalue weighted by Gasteiger charge is -2.12. The molecule has 0 spiro atoms. The van der Waals surface area contributed by atoms with E-state index < -0.39 is 15.9 Å². The average Bonchev–Trinajstić information content (AvgIpc) is 2.76. The number of carbonyl (C=O) groups is 1. The summed E-state index contributed by atoms with van der Waals surface area (Å²) in [5.41, 5.74) is 3.16. The van der Waals surface area contributed by atoms with Gasteiger partial charge in [-0.15, -0.1) is 0 Å². The van der Waals surface area contributed by atoms with Crippen LogP contribution in [-0.4, -0.2) is 27.6 Å². The molecule has 0 aliphatic rings. The maximum absolute atomic E-state index is 12.8. The van der Waals surface area contributed by atoms with E-state index in [4.69, 9.17) is 27.9 Å². The molecule has 1 amide bonds. The number of hydrazone groups is 1. The highest BCUT2D eigenvalue weighted by Gasteiger charge is 2.18. The summed E-state index contributed by atoms with van der Waals surface area (Å²) in [6.07, 6.45) is 1.31. The lowest BCUT2D eigenvalue weighted by molar-refractivity contribution is 0.0955. The van der Waals surface area contributed by atoms with E-state index in [1.165, 1.54) is 37.6 Å². The highest BCUT2D eigenvalue weighted by molar-refractivity contribution is 7.92. The van der Waals surface area contributed by atoms with Crippen molar-refractivity contribution in [3.8, 4) is 5.75 Å². The van der Waals surface area contributed by atoms with Gasteiger partial charge in [-0.05, 0) is 42.5 Å². The number of halogens is 2. The Hall–Kier alpha value is -3.07. The number of carbonyl (C=O) groups excluding carboxylic acids is 1. The molecule has 0 heterocycles. The van der Waals surface area contributed by atoms with Gasteiger partial charge in [-0.1, -0.05) is 47.5 Å². The monoisotopic (exact) mass is 477 g/mol. The molecule has 0 saturated carbocycles. The fourth-order valence-electron chi connectivity index (χ4n) is 2.59. The summed E-state index contributed by atoms with van der Waals surface area (Å²) in [7, 11) is -2.52. The van der Waals surface area contributed by atoms with Crippen molar-refractivity contribution in [1.29, 1.82) is 0 Å². The first-order valence-electron chi connectivity index (χ1n) is 8.85. The van der Waals surface area contributed by atoms with Crippen molar-refractivity contribution in [2.75, 3.05) is 11.8 Å². The van der Waals surface area contributed by atoms with Gasteiger partial charge in [-0.2, -0.15) is 5.10 Å². The van der Waals surface area contributed by atoms with E-state index in [1.807, 2.05) is 0 Å². The molecule has 2 N–H and O–H groups in total. The fourth-order valence-corrected chi connectivity index (χ4v) is 4.20. The van der Waals surface area contributed by atoms with Gasteiger partial charge in [-0.3, -0.25) is 9.52 Å². The summed E-state index contributed by atoms with van der Waals surface area (Å²) < 4.78 is 33.1. The van der Waals surface area contributed by atoms with Crippen LogP contribution in [-0.2, 0) is 10.0 Å². The summed E-state index contributed by atoms with van der Waals surface area (Å²) in [5.74, 6) is -0.235. The molecule has 7 nitrogen and oxygen atoms in total. The second kappa shape index (κ2) is 9.82. The van der Waals surface area contributed by atoms with Crippen LogP contribution in [0.2, 0.25) is 10.0 Å². The Balaban J connectivity index is 1.77. The molecule has 0 aromatic heterocycles. The summed E-state index contributed by atoms with van der Waals surface area (Å²) in [4.78, 5) is 12.3. The molecule has 3 aromatic carbocycles. The molecule has 0 bridgehead atoms. The van der Waals surface area contributed by atoms with E-state index >= 15 is 0 Å². The number of nitrogens with one attached hydrogen (secondary N) is 2. The molecule has 10 heteroatoms. The molecule has 0 aliphatic carbocycles. The molecule has 0 aliphatic heterocycles. The van der Waals surface area contributed by atoms with Crippen LogP contribution >= 0.6 is 23.2 Å². The lowest BCUT2D eigenvalue weighted by atomic mass is 10.2. The van der Waals surface area contributed by atoms with Gasteiger partial charge in [0.25, 0.3) is 15.9 Å². The number of rotatable bonds is 7. The highest BCUT2D eigenvalue weighted by Crippen LogP contribution is 2.26. The van der Waals surface area contributed by atoms with Crippen LogP contribution in [0.1, 0.15) is 15.9 Å². The van der Waals surface area contributed by atoms with Gasteiger partial charge < -0.3 is 4.74 Å². The van der Waals surface area contributed by atoms with Crippen molar-refractivity contribution in [2.24, 2.45) is 5.10 Å². The van der Waals surface area contributed by atoms with E-state index in [0.717, 1.165) is 0 Å². The Morgan fingerprint density at radius 1 is 1.00 bits per heavy atom. The maximum atomic E-state index is 12.8. The number of methoxy groups -OCH3 is 1. The molecule has 31 heavy (non-hydrogen) atoms. The SMILES string of the molecule is COc1ccccc1NS(=O)(=O)c1cccc(C(=O)N/N=C/c2c(Cl)cccc2Cl)c1. The van der Waals surface area contributed by atoms with Crippen molar-refractivity contribution in [3.05, 3.63) is 87.9 Å². The highest BCUT2D eigenvalue weighted by atomic mass is 35.5. The van der Waals surface area contributed by atoms with Gasteiger partial charge in [0.1, 0.15) is 5.75 Å². The maximum Gasteiger partial charge on any atom is 0.271 e. The number of hydrogen-bond acceptors (Lipinski definition) is 5. The largest absolute Gasteiger partial charge is 0.495 e. The van der Waals surface area contributed by atoms with Crippen LogP contribution in [0.3, 0.4) is 0 Å². The molecule has 0 radical (unpaired) electrons. The minimum Gasteiger partial charge on any atom is -0.495 e. The first kappa shape index (κ1) is 22.6. The third-order valence-electron chi connectivity index (χ3n) is 4.12. The molecule has 0 atom stereocenters. The van der Waals surface area contributed by atoms with Crippen molar-refractivity contribution in [3.63, 3.8) is 0 Å². The number of ether oxygens (including phenoxy) is 1. The van der Waals surface area contributed by atoms with Crippen LogP contribution in [0.15, 0.2) is 76.7 Å². The number of hydrogen-bond donors (Lipinski definition) is 2. The van der Waals surface area contributed by atoms with Crippen LogP contribution in [0, 0.1) is 0 Å². The number of para-hydroxylation sites is 2. The number of amides is 1. The number of anilines is 1.